The number of nitrogens with one attached hydrogen (secondary N) is 1. The Hall–Kier alpha value is -0.320. The van der Waals surface area contributed by atoms with Crippen molar-refractivity contribution in [3.8, 4) is 0 Å². The van der Waals surface area contributed by atoms with Gasteiger partial charge in [0.2, 0.25) is 0 Å². The van der Waals surface area contributed by atoms with Gasteiger partial charge in [-0.1, -0.05) is 0 Å². The molecule has 0 saturated heterocycles. The molecule has 13 heavy (non-hydrogen) atoms. The van der Waals surface area contributed by atoms with Gasteiger partial charge in [0, 0.05) is 5.54 Å². The van der Waals surface area contributed by atoms with E-state index in [2.05, 4.69) is 21.2 Å². The van der Waals surface area contributed by atoms with Gasteiger partial charge in [0.15, 0.2) is 4.67 Å². The van der Waals surface area contributed by atoms with Crippen LogP contribution in [-0.4, -0.2) is 17.3 Å². The molecule has 3 nitrogen and oxygen atoms in total. The molecule has 4 heteroatoms. The second kappa shape index (κ2) is 3.44. The Balaban J connectivity index is 1.86. The maximum atomic E-state index is 9.04. The lowest BCUT2D eigenvalue weighted by Crippen LogP contribution is -2.33. The predicted molar refractivity (Wildman–Crippen MR) is 52.3 cm³/mol. The number of aliphatic hydroxyl groups is 1. The summed E-state index contributed by atoms with van der Waals surface area (Å²) in [6.07, 6.45) is 2.12. The summed E-state index contributed by atoms with van der Waals surface area (Å²) >= 11 is 3.24. The minimum absolute atomic E-state index is 0.0146. The van der Waals surface area contributed by atoms with Crippen LogP contribution in [0.1, 0.15) is 18.6 Å². The summed E-state index contributed by atoms with van der Waals surface area (Å²) in [5, 5.41) is 12.3. The quantitative estimate of drug-likeness (QED) is 0.849. The molecule has 0 aliphatic heterocycles. The van der Waals surface area contributed by atoms with Crippen molar-refractivity contribution >= 4 is 15.9 Å². The van der Waals surface area contributed by atoms with Gasteiger partial charge in [-0.2, -0.15) is 0 Å². The molecule has 2 N–H and O–H groups in total. The number of rotatable bonds is 4. The van der Waals surface area contributed by atoms with Crippen LogP contribution in [0.5, 0.6) is 0 Å². The Morgan fingerprint density at radius 3 is 2.77 bits per heavy atom. The average molecular weight is 246 g/mol. The molecular formula is C9H12BrNO2. The van der Waals surface area contributed by atoms with E-state index in [0.717, 1.165) is 23.3 Å². The molecule has 1 aromatic rings. The van der Waals surface area contributed by atoms with Gasteiger partial charge in [-0.25, -0.2) is 0 Å². The van der Waals surface area contributed by atoms with E-state index in [1.165, 1.54) is 0 Å². The molecule has 0 bridgehead atoms. The van der Waals surface area contributed by atoms with Gasteiger partial charge in [0.05, 0.1) is 13.2 Å². The molecule has 1 saturated carbocycles. The fourth-order valence-corrected chi connectivity index (χ4v) is 1.60. The van der Waals surface area contributed by atoms with Crippen molar-refractivity contribution in [1.82, 2.24) is 5.32 Å². The van der Waals surface area contributed by atoms with Crippen LogP contribution >= 0.6 is 15.9 Å². The molecule has 0 unspecified atom stereocenters. The van der Waals surface area contributed by atoms with Crippen molar-refractivity contribution in [3.63, 3.8) is 0 Å². The van der Waals surface area contributed by atoms with Crippen LogP contribution < -0.4 is 5.32 Å². The molecule has 1 aliphatic rings. The van der Waals surface area contributed by atoms with Crippen LogP contribution in [0.25, 0.3) is 0 Å². The lowest BCUT2D eigenvalue weighted by molar-refractivity contribution is 0.226. The predicted octanol–water partition coefficient (Wildman–Crippen LogP) is 1.66. The summed E-state index contributed by atoms with van der Waals surface area (Å²) in [5.74, 6) is 0.895. The highest BCUT2D eigenvalue weighted by Gasteiger charge is 2.41. The van der Waals surface area contributed by atoms with Gasteiger partial charge in [0.25, 0.3) is 0 Å². The Kier molecular flexibility index (Phi) is 2.45. The molecule has 0 radical (unpaired) electrons. The summed E-state index contributed by atoms with van der Waals surface area (Å²) in [6.45, 7) is 0.904. The van der Waals surface area contributed by atoms with Gasteiger partial charge < -0.3 is 14.8 Å². The molecule has 1 aromatic heterocycles. The number of hydrogen-bond acceptors (Lipinski definition) is 3. The van der Waals surface area contributed by atoms with Gasteiger partial charge in [-0.05, 0) is 40.9 Å². The van der Waals surface area contributed by atoms with E-state index < -0.39 is 0 Å². The topological polar surface area (TPSA) is 45.4 Å². The van der Waals surface area contributed by atoms with Crippen molar-refractivity contribution in [1.29, 1.82) is 0 Å². The van der Waals surface area contributed by atoms with Crippen molar-refractivity contribution < 1.29 is 9.52 Å². The van der Waals surface area contributed by atoms with Gasteiger partial charge >= 0.3 is 0 Å². The average Bonchev–Trinajstić information content (AvgIpc) is 2.81. The molecule has 0 spiro atoms. The van der Waals surface area contributed by atoms with Crippen LogP contribution in [-0.2, 0) is 6.54 Å². The highest BCUT2D eigenvalue weighted by atomic mass is 79.9. The third kappa shape index (κ3) is 2.13. The van der Waals surface area contributed by atoms with Gasteiger partial charge in [-0.3, -0.25) is 0 Å². The Labute approximate surface area is 85.3 Å². The zero-order chi connectivity index (χ0) is 9.31. The van der Waals surface area contributed by atoms with Crippen molar-refractivity contribution in [2.24, 2.45) is 0 Å². The highest BCUT2D eigenvalue weighted by Crippen LogP contribution is 2.34. The summed E-state index contributed by atoms with van der Waals surface area (Å²) in [5.41, 5.74) is -0.0146. The van der Waals surface area contributed by atoms with E-state index in [0.29, 0.717) is 6.54 Å². The molecule has 0 atom stereocenters. The van der Waals surface area contributed by atoms with E-state index in [9.17, 15) is 0 Å². The zero-order valence-electron chi connectivity index (χ0n) is 7.22. The highest BCUT2D eigenvalue weighted by molar-refractivity contribution is 9.10. The molecule has 1 aliphatic carbocycles. The van der Waals surface area contributed by atoms with Crippen LogP contribution in [0.2, 0.25) is 0 Å². The second-order valence-corrected chi connectivity index (χ2v) is 4.28. The first-order chi connectivity index (χ1) is 6.24. The number of furan rings is 1. The van der Waals surface area contributed by atoms with Crippen LogP contribution in [0.15, 0.2) is 21.2 Å². The number of halogens is 1. The van der Waals surface area contributed by atoms with Crippen molar-refractivity contribution in [2.45, 2.75) is 24.9 Å². The third-order valence-corrected chi connectivity index (χ3v) is 2.85. The van der Waals surface area contributed by atoms with E-state index in [1.54, 1.807) is 0 Å². The first-order valence-electron chi connectivity index (χ1n) is 4.34. The van der Waals surface area contributed by atoms with Crippen molar-refractivity contribution in [3.05, 3.63) is 22.6 Å². The Morgan fingerprint density at radius 1 is 1.54 bits per heavy atom. The number of aliphatic hydroxyl groups excluding tert-OH is 1. The van der Waals surface area contributed by atoms with Crippen LogP contribution in [0.3, 0.4) is 0 Å². The Morgan fingerprint density at radius 2 is 2.31 bits per heavy atom. The van der Waals surface area contributed by atoms with Gasteiger partial charge in [-0.15, -0.1) is 0 Å². The summed E-state index contributed by atoms with van der Waals surface area (Å²) in [7, 11) is 0. The normalized spacial score (nSPS) is 18.9. The molecule has 0 aromatic carbocycles. The largest absolute Gasteiger partial charge is 0.453 e. The number of hydrogen-bond donors (Lipinski definition) is 2. The zero-order valence-corrected chi connectivity index (χ0v) is 8.80. The van der Waals surface area contributed by atoms with Crippen molar-refractivity contribution in [2.75, 3.05) is 6.61 Å². The summed E-state index contributed by atoms with van der Waals surface area (Å²) in [4.78, 5) is 0. The monoisotopic (exact) mass is 245 g/mol. The minimum atomic E-state index is -0.0146. The smallest absolute Gasteiger partial charge is 0.169 e. The van der Waals surface area contributed by atoms with E-state index in [-0.39, 0.29) is 12.1 Å². The SMILES string of the molecule is OCC1(NCc2ccc(Br)o2)CC1. The maximum absolute atomic E-state index is 9.04. The second-order valence-electron chi connectivity index (χ2n) is 3.50. The maximum Gasteiger partial charge on any atom is 0.169 e. The van der Waals surface area contributed by atoms with E-state index in [4.69, 9.17) is 9.52 Å². The third-order valence-electron chi connectivity index (χ3n) is 2.42. The van der Waals surface area contributed by atoms with Crippen LogP contribution in [0.4, 0.5) is 0 Å². The minimum Gasteiger partial charge on any atom is -0.453 e. The van der Waals surface area contributed by atoms with Crippen LogP contribution in [0, 0.1) is 0 Å². The molecule has 2 rings (SSSR count). The van der Waals surface area contributed by atoms with E-state index in [1.807, 2.05) is 12.1 Å². The fourth-order valence-electron chi connectivity index (χ4n) is 1.26. The lowest BCUT2D eigenvalue weighted by atomic mass is 10.3. The molecule has 72 valence electrons. The van der Waals surface area contributed by atoms with Gasteiger partial charge in [0.1, 0.15) is 5.76 Å². The molecule has 0 amide bonds. The standard InChI is InChI=1S/C9H12BrNO2/c10-8-2-1-7(13-8)5-11-9(6-12)3-4-9/h1-2,11-12H,3-6H2. The van der Waals surface area contributed by atoms with E-state index >= 15 is 0 Å². The molecule has 1 fully saturated rings. The molecular weight excluding hydrogens is 234 g/mol. The summed E-state index contributed by atoms with van der Waals surface area (Å²) < 4.78 is 6.07. The fraction of sp³-hybridized carbons (Fsp3) is 0.556. The summed E-state index contributed by atoms with van der Waals surface area (Å²) in [6, 6.07) is 3.79. The Bertz CT molecular complexity index is 294. The first-order valence-corrected chi connectivity index (χ1v) is 5.13. The first kappa shape index (κ1) is 9.24. The molecule has 1 heterocycles. The lowest BCUT2D eigenvalue weighted by Gasteiger charge is -2.12.